The molecule has 0 saturated heterocycles. The van der Waals surface area contributed by atoms with Crippen molar-refractivity contribution in [2.24, 2.45) is 0 Å². The number of hydrogen-bond acceptors (Lipinski definition) is 5. The van der Waals surface area contributed by atoms with Crippen LogP contribution >= 0.6 is 0 Å². The number of carbonyl (C=O) groups is 2. The second kappa shape index (κ2) is 8.08. The third-order valence-corrected chi connectivity index (χ3v) is 3.52. The Bertz CT molecular complexity index is 827. The molecule has 0 spiro atoms. The number of benzene rings is 1. The molecule has 0 bridgehead atoms. The van der Waals surface area contributed by atoms with Crippen molar-refractivity contribution in [1.82, 2.24) is 4.57 Å². The molecule has 0 amide bonds. The van der Waals surface area contributed by atoms with Gasteiger partial charge in [0.2, 0.25) is 0 Å². The van der Waals surface area contributed by atoms with Gasteiger partial charge < -0.3 is 18.8 Å². The van der Waals surface area contributed by atoms with Gasteiger partial charge in [0.25, 0.3) is 0 Å². The molecular weight excluding hydrogens is 334 g/mol. The molecule has 0 atom stereocenters. The second-order valence-corrected chi connectivity index (χ2v) is 6.75. The molecule has 0 aliphatic heterocycles. The fourth-order valence-electron chi connectivity index (χ4n) is 2.56. The number of rotatable bonds is 6. The molecular formula is C20H25NO5. The Kier molecular flexibility index (Phi) is 6.08. The summed E-state index contributed by atoms with van der Waals surface area (Å²) in [5, 5.41) is 0.899. The van der Waals surface area contributed by atoms with Crippen molar-refractivity contribution in [2.45, 2.75) is 39.8 Å². The van der Waals surface area contributed by atoms with E-state index in [9.17, 15) is 9.59 Å². The molecule has 2 rings (SSSR count). The summed E-state index contributed by atoms with van der Waals surface area (Å²) in [5.41, 5.74) is 0.983. The van der Waals surface area contributed by atoms with Crippen LogP contribution in [0.2, 0.25) is 0 Å². The maximum atomic E-state index is 12.3. The number of aromatic nitrogens is 1. The maximum absolute atomic E-state index is 12.3. The maximum Gasteiger partial charge on any atom is 0.330 e. The zero-order valence-electron chi connectivity index (χ0n) is 15.9. The first kappa shape index (κ1) is 19.6. The van der Waals surface area contributed by atoms with Crippen LogP contribution < -0.4 is 4.74 Å². The smallest absolute Gasteiger partial charge is 0.330 e. The molecule has 2 aromatic rings. The summed E-state index contributed by atoms with van der Waals surface area (Å²) in [5.74, 6) is -0.0661. The van der Waals surface area contributed by atoms with Crippen LogP contribution in [0.5, 0.6) is 5.75 Å². The highest BCUT2D eigenvalue weighted by Gasteiger charge is 2.18. The molecule has 26 heavy (non-hydrogen) atoms. The summed E-state index contributed by atoms with van der Waals surface area (Å²) >= 11 is 0. The lowest BCUT2D eigenvalue weighted by Gasteiger charge is -2.20. The Balaban J connectivity index is 2.41. The fraction of sp³-hybridized carbons (Fsp3) is 0.400. The predicted octanol–water partition coefficient (Wildman–Crippen LogP) is 3.57. The number of ether oxygens (including phenoxy) is 3. The van der Waals surface area contributed by atoms with Gasteiger partial charge in [-0.2, -0.15) is 0 Å². The van der Waals surface area contributed by atoms with Crippen LogP contribution in [-0.2, 0) is 25.6 Å². The molecule has 6 heteroatoms. The van der Waals surface area contributed by atoms with Gasteiger partial charge in [0, 0.05) is 22.7 Å². The summed E-state index contributed by atoms with van der Waals surface area (Å²) in [6.07, 6.45) is 2.98. The number of fused-ring (bicyclic) bond motifs is 1. The van der Waals surface area contributed by atoms with Gasteiger partial charge in [-0.1, -0.05) is 0 Å². The average Bonchev–Trinajstić information content (AvgIpc) is 2.88. The van der Waals surface area contributed by atoms with Crippen molar-refractivity contribution < 1.29 is 23.8 Å². The minimum Gasteiger partial charge on any atom is -0.497 e. The molecule has 0 saturated carbocycles. The van der Waals surface area contributed by atoms with Gasteiger partial charge in [-0.05, 0) is 58.0 Å². The molecule has 0 radical (unpaired) electrons. The quantitative estimate of drug-likeness (QED) is 0.583. The van der Waals surface area contributed by atoms with Crippen molar-refractivity contribution in [2.75, 3.05) is 13.7 Å². The van der Waals surface area contributed by atoms with Gasteiger partial charge in [0.1, 0.15) is 17.9 Å². The van der Waals surface area contributed by atoms with Crippen LogP contribution in [0.3, 0.4) is 0 Å². The Hall–Kier alpha value is -2.76. The minimum atomic E-state index is -0.565. The first-order valence-corrected chi connectivity index (χ1v) is 8.47. The van der Waals surface area contributed by atoms with E-state index in [-0.39, 0.29) is 12.5 Å². The zero-order chi connectivity index (χ0) is 19.3. The van der Waals surface area contributed by atoms with E-state index in [4.69, 9.17) is 14.2 Å². The Morgan fingerprint density at radius 2 is 1.92 bits per heavy atom. The lowest BCUT2D eigenvalue weighted by molar-refractivity contribution is -0.155. The van der Waals surface area contributed by atoms with Crippen molar-refractivity contribution in [3.05, 3.63) is 36.0 Å². The lowest BCUT2D eigenvalue weighted by atomic mass is 10.2. The molecule has 0 fully saturated rings. The number of hydrogen-bond donors (Lipinski definition) is 0. The van der Waals surface area contributed by atoms with E-state index in [2.05, 4.69) is 0 Å². The van der Waals surface area contributed by atoms with Gasteiger partial charge >= 0.3 is 11.9 Å². The summed E-state index contributed by atoms with van der Waals surface area (Å²) in [7, 11) is 1.60. The highest BCUT2D eigenvalue weighted by molar-refractivity contribution is 5.90. The van der Waals surface area contributed by atoms with Gasteiger partial charge in [-0.3, -0.25) is 4.79 Å². The fourth-order valence-corrected chi connectivity index (χ4v) is 2.56. The topological polar surface area (TPSA) is 66.8 Å². The van der Waals surface area contributed by atoms with Crippen LogP contribution in [0.15, 0.2) is 30.3 Å². The third-order valence-electron chi connectivity index (χ3n) is 3.52. The molecule has 1 aromatic heterocycles. The van der Waals surface area contributed by atoms with Crippen LogP contribution in [-0.4, -0.2) is 35.8 Å². The summed E-state index contributed by atoms with van der Waals surface area (Å²) in [4.78, 5) is 23.9. The van der Waals surface area contributed by atoms with Gasteiger partial charge in [0.05, 0.1) is 13.7 Å². The third kappa shape index (κ3) is 5.12. The number of nitrogens with zero attached hydrogens (tertiary/aromatic N) is 1. The number of methoxy groups -OCH3 is 1. The van der Waals surface area contributed by atoms with E-state index >= 15 is 0 Å². The van der Waals surface area contributed by atoms with Gasteiger partial charge in [0.15, 0.2) is 0 Å². The molecule has 0 N–H and O–H groups in total. The van der Waals surface area contributed by atoms with E-state index in [1.54, 1.807) is 24.7 Å². The van der Waals surface area contributed by atoms with Crippen LogP contribution in [0.4, 0.5) is 0 Å². The minimum absolute atomic E-state index is 0.0373. The SMILES string of the molecule is CCOC(=O)/C=C/c1cc2cc(OC)ccc2n1CC(=O)OC(C)(C)C. The standard InChI is InChI=1S/C20H25NO5/c1-6-25-18(22)10-7-15-11-14-12-16(24-5)8-9-17(14)21(15)13-19(23)26-20(2,3)4/h7-12H,6,13H2,1-5H3/b10-7+. The Morgan fingerprint density at radius 1 is 1.19 bits per heavy atom. The highest BCUT2D eigenvalue weighted by atomic mass is 16.6. The van der Waals surface area contributed by atoms with Crippen LogP contribution in [0, 0.1) is 0 Å². The molecule has 1 aromatic carbocycles. The molecule has 0 unspecified atom stereocenters. The Labute approximate surface area is 153 Å². The molecule has 6 nitrogen and oxygen atoms in total. The first-order chi connectivity index (χ1) is 12.2. The highest BCUT2D eigenvalue weighted by Crippen LogP contribution is 2.26. The lowest BCUT2D eigenvalue weighted by Crippen LogP contribution is -2.26. The van der Waals surface area contributed by atoms with Crippen LogP contribution in [0.1, 0.15) is 33.4 Å². The molecule has 140 valence electrons. The van der Waals surface area contributed by atoms with Gasteiger partial charge in [-0.15, -0.1) is 0 Å². The van der Waals surface area contributed by atoms with E-state index in [1.807, 2.05) is 45.0 Å². The van der Waals surface area contributed by atoms with E-state index < -0.39 is 11.6 Å². The summed E-state index contributed by atoms with van der Waals surface area (Å²) < 4.78 is 17.4. The average molecular weight is 359 g/mol. The van der Waals surface area contributed by atoms with Crippen molar-refractivity contribution in [1.29, 1.82) is 0 Å². The largest absolute Gasteiger partial charge is 0.497 e. The van der Waals surface area contributed by atoms with Crippen molar-refractivity contribution in [3.8, 4) is 5.75 Å². The number of carbonyl (C=O) groups excluding carboxylic acids is 2. The van der Waals surface area contributed by atoms with Gasteiger partial charge in [-0.25, -0.2) is 4.79 Å². The zero-order valence-corrected chi connectivity index (χ0v) is 15.9. The predicted molar refractivity (Wildman–Crippen MR) is 100 cm³/mol. The van der Waals surface area contributed by atoms with Crippen molar-refractivity contribution >= 4 is 28.9 Å². The van der Waals surface area contributed by atoms with E-state index in [0.717, 1.165) is 10.9 Å². The van der Waals surface area contributed by atoms with E-state index in [0.29, 0.717) is 18.1 Å². The van der Waals surface area contributed by atoms with Crippen molar-refractivity contribution in [3.63, 3.8) is 0 Å². The molecule has 0 aliphatic rings. The summed E-state index contributed by atoms with van der Waals surface area (Å²) in [6.45, 7) is 7.57. The summed E-state index contributed by atoms with van der Waals surface area (Å²) in [6, 6.07) is 7.47. The molecule has 0 aliphatic carbocycles. The van der Waals surface area contributed by atoms with Crippen LogP contribution in [0.25, 0.3) is 17.0 Å². The normalized spacial score (nSPS) is 11.7. The number of esters is 2. The van der Waals surface area contributed by atoms with E-state index in [1.165, 1.54) is 6.08 Å². The molecule has 1 heterocycles. The first-order valence-electron chi connectivity index (χ1n) is 8.47. The second-order valence-electron chi connectivity index (χ2n) is 6.75. The Morgan fingerprint density at radius 3 is 2.54 bits per heavy atom. The monoisotopic (exact) mass is 359 g/mol.